The van der Waals surface area contributed by atoms with Gasteiger partial charge in [0.25, 0.3) is 0 Å². The molecule has 1 fully saturated rings. The fourth-order valence-corrected chi connectivity index (χ4v) is 3.86. The minimum absolute atomic E-state index is 0.139. The quantitative estimate of drug-likeness (QED) is 0.359. The van der Waals surface area contributed by atoms with Crippen LogP contribution in [0.1, 0.15) is 37.7 Å². The van der Waals surface area contributed by atoms with Crippen LogP contribution in [0, 0.1) is 29.1 Å². The Balaban J connectivity index is 2.27. The second-order valence-corrected chi connectivity index (χ2v) is 6.56. The molecule has 1 heterocycles. The molecule has 2 unspecified atom stereocenters. The van der Waals surface area contributed by atoms with Crippen molar-refractivity contribution in [2.24, 2.45) is 0 Å². The summed E-state index contributed by atoms with van der Waals surface area (Å²) >= 11 is 0. The summed E-state index contributed by atoms with van der Waals surface area (Å²) in [6, 6.07) is 1.06. The van der Waals surface area contributed by atoms with E-state index in [2.05, 4.69) is 0 Å². The van der Waals surface area contributed by atoms with Gasteiger partial charge >= 0.3 is 0 Å². The number of rotatable bonds is 3. The van der Waals surface area contributed by atoms with Crippen molar-refractivity contribution in [1.29, 1.82) is 0 Å². The van der Waals surface area contributed by atoms with Crippen molar-refractivity contribution in [3.63, 3.8) is 0 Å². The zero-order valence-electron chi connectivity index (χ0n) is 11.0. The first kappa shape index (κ1) is 15.4. The van der Waals surface area contributed by atoms with E-state index >= 15 is 0 Å². The third-order valence-electron chi connectivity index (χ3n) is 3.63. The first-order chi connectivity index (χ1) is 9.43. The highest BCUT2D eigenvalue weighted by molar-refractivity contribution is 6.27. The molecule has 112 valence electrons. The third-order valence-corrected chi connectivity index (χ3v) is 5.12. The van der Waals surface area contributed by atoms with Gasteiger partial charge in [0, 0.05) is 11.7 Å². The largest absolute Gasteiger partial charge is 0.421 e. The van der Waals surface area contributed by atoms with Crippen molar-refractivity contribution < 1.29 is 26.4 Å². The van der Waals surface area contributed by atoms with Gasteiger partial charge in [-0.1, -0.05) is 13.3 Å². The molecule has 0 aromatic heterocycles. The van der Waals surface area contributed by atoms with Gasteiger partial charge in [-0.3, -0.25) is 0 Å². The van der Waals surface area contributed by atoms with Crippen LogP contribution >= 0.6 is 0 Å². The summed E-state index contributed by atoms with van der Waals surface area (Å²) in [5, 5.41) is 0. The normalized spacial score (nSPS) is 22.2. The standard InChI is InChI=1S/C13H15F5OSi/c1-6(5-7-3-2-4-20-19-7)8-9(14)11(16)13(18)12(17)10(8)15/h6-7H,2-5,20H2,1H3. The van der Waals surface area contributed by atoms with E-state index in [4.69, 9.17) is 4.43 Å². The summed E-state index contributed by atoms with van der Waals surface area (Å²) < 4.78 is 72.2. The maximum absolute atomic E-state index is 13.7. The highest BCUT2D eigenvalue weighted by Gasteiger charge is 2.30. The Morgan fingerprint density at radius 2 is 1.60 bits per heavy atom. The molecule has 0 spiro atoms. The topological polar surface area (TPSA) is 9.23 Å². The Labute approximate surface area is 116 Å². The Bertz CT molecular complexity index is 473. The van der Waals surface area contributed by atoms with E-state index in [0.717, 1.165) is 18.9 Å². The van der Waals surface area contributed by atoms with Gasteiger partial charge in [0.05, 0.1) is 0 Å². The first-order valence-electron chi connectivity index (χ1n) is 6.56. The molecule has 1 saturated heterocycles. The number of hydrogen-bond donors (Lipinski definition) is 0. The fourth-order valence-electron chi connectivity index (χ4n) is 2.56. The molecular formula is C13H15F5OSi. The maximum Gasteiger partial charge on any atom is 0.200 e. The molecule has 2 atom stereocenters. The predicted octanol–water partition coefficient (Wildman–Crippen LogP) is 3.56. The lowest BCUT2D eigenvalue weighted by Gasteiger charge is -2.26. The lowest BCUT2D eigenvalue weighted by molar-refractivity contribution is 0.163. The van der Waals surface area contributed by atoms with Crippen LogP contribution in [0.4, 0.5) is 22.0 Å². The fraction of sp³-hybridized carbons (Fsp3) is 0.538. The number of halogens is 5. The van der Waals surface area contributed by atoms with Crippen LogP contribution in [-0.2, 0) is 4.43 Å². The minimum atomic E-state index is -2.11. The monoisotopic (exact) mass is 310 g/mol. The van der Waals surface area contributed by atoms with Crippen molar-refractivity contribution in [2.75, 3.05) is 0 Å². The van der Waals surface area contributed by atoms with Gasteiger partial charge in [0.15, 0.2) is 33.0 Å². The molecule has 1 aromatic carbocycles. The molecule has 0 saturated carbocycles. The van der Waals surface area contributed by atoms with E-state index in [1.807, 2.05) is 0 Å². The second-order valence-electron chi connectivity index (χ2n) is 5.11. The van der Waals surface area contributed by atoms with Crippen molar-refractivity contribution in [1.82, 2.24) is 0 Å². The highest BCUT2D eigenvalue weighted by atomic mass is 28.2. The van der Waals surface area contributed by atoms with Crippen LogP contribution in [0.5, 0.6) is 0 Å². The second kappa shape index (κ2) is 6.22. The van der Waals surface area contributed by atoms with Crippen LogP contribution in [0.3, 0.4) is 0 Å². The Kier molecular flexibility index (Phi) is 4.80. The van der Waals surface area contributed by atoms with E-state index in [0.29, 0.717) is 0 Å². The summed E-state index contributed by atoms with van der Waals surface area (Å²) in [5.41, 5.74) is -0.739. The SMILES string of the molecule is CC(CC1CCC[SiH2]O1)c1c(F)c(F)c(F)c(F)c1F. The van der Waals surface area contributed by atoms with E-state index in [1.165, 1.54) is 6.92 Å². The lowest BCUT2D eigenvalue weighted by Crippen LogP contribution is -2.23. The van der Waals surface area contributed by atoms with Crippen LogP contribution in [0.15, 0.2) is 0 Å². The molecule has 1 nitrogen and oxygen atoms in total. The highest BCUT2D eigenvalue weighted by Crippen LogP contribution is 2.32. The smallest absolute Gasteiger partial charge is 0.200 e. The van der Waals surface area contributed by atoms with Crippen LogP contribution < -0.4 is 0 Å². The summed E-state index contributed by atoms with van der Waals surface area (Å²) in [7, 11) is -0.599. The molecular weight excluding hydrogens is 295 g/mol. The molecule has 1 aliphatic heterocycles. The molecule has 7 heteroatoms. The van der Waals surface area contributed by atoms with E-state index in [-0.39, 0.29) is 12.5 Å². The summed E-state index contributed by atoms with van der Waals surface area (Å²) in [5.74, 6) is -10.1. The van der Waals surface area contributed by atoms with Crippen molar-refractivity contribution in [2.45, 2.75) is 44.3 Å². The van der Waals surface area contributed by atoms with Crippen LogP contribution in [0.2, 0.25) is 6.04 Å². The molecule has 0 aliphatic carbocycles. The van der Waals surface area contributed by atoms with Crippen molar-refractivity contribution >= 4 is 9.76 Å². The maximum atomic E-state index is 13.7. The molecule has 1 aliphatic rings. The Morgan fingerprint density at radius 3 is 2.10 bits per heavy atom. The molecule has 2 rings (SSSR count). The number of benzene rings is 1. The molecule has 20 heavy (non-hydrogen) atoms. The van der Waals surface area contributed by atoms with Gasteiger partial charge in [-0.25, -0.2) is 22.0 Å². The Morgan fingerprint density at radius 1 is 1.05 bits per heavy atom. The van der Waals surface area contributed by atoms with Gasteiger partial charge in [-0.05, 0) is 24.8 Å². The molecule has 0 amide bonds. The summed E-state index contributed by atoms with van der Waals surface area (Å²) in [6.07, 6.45) is 1.90. The third kappa shape index (κ3) is 2.88. The average molecular weight is 310 g/mol. The van der Waals surface area contributed by atoms with Crippen molar-refractivity contribution in [3.8, 4) is 0 Å². The summed E-state index contributed by atoms with van der Waals surface area (Å²) in [6.45, 7) is 1.46. The zero-order chi connectivity index (χ0) is 14.9. The van der Waals surface area contributed by atoms with Gasteiger partial charge in [0.1, 0.15) is 0 Å². The van der Waals surface area contributed by atoms with Gasteiger partial charge in [-0.2, -0.15) is 0 Å². The Hall–Kier alpha value is -0.953. The number of hydrogen-bond acceptors (Lipinski definition) is 1. The van der Waals surface area contributed by atoms with Gasteiger partial charge in [0.2, 0.25) is 5.82 Å². The van der Waals surface area contributed by atoms with Crippen LogP contribution in [-0.4, -0.2) is 15.9 Å². The first-order valence-corrected chi connectivity index (χ1v) is 8.14. The molecule has 0 bridgehead atoms. The lowest BCUT2D eigenvalue weighted by atomic mass is 9.92. The van der Waals surface area contributed by atoms with Gasteiger partial charge < -0.3 is 4.43 Å². The van der Waals surface area contributed by atoms with E-state index < -0.39 is 50.3 Å². The zero-order valence-corrected chi connectivity index (χ0v) is 12.4. The molecule has 0 radical (unpaired) electrons. The molecule has 1 aromatic rings. The van der Waals surface area contributed by atoms with Crippen molar-refractivity contribution in [3.05, 3.63) is 34.6 Å². The van der Waals surface area contributed by atoms with E-state index in [1.54, 1.807) is 0 Å². The predicted molar refractivity (Wildman–Crippen MR) is 66.7 cm³/mol. The van der Waals surface area contributed by atoms with E-state index in [9.17, 15) is 22.0 Å². The average Bonchev–Trinajstić information content (AvgIpc) is 2.44. The van der Waals surface area contributed by atoms with Crippen LogP contribution in [0.25, 0.3) is 0 Å². The van der Waals surface area contributed by atoms with Gasteiger partial charge in [-0.15, -0.1) is 0 Å². The molecule has 0 N–H and O–H groups in total. The summed E-state index contributed by atoms with van der Waals surface area (Å²) in [4.78, 5) is 0. The minimum Gasteiger partial charge on any atom is -0.421 e.